The summed E-state index contributed by atoms with van der Waals surface area (Å²) in [5, 5.41) is 4.27. The predicted molar refractivity (Wildman–Crippen MR) is 112 cm³/mol. The van der Waals surface area contributed by atoms with Crippen molar-refractivity contribution in [3.63, 3.8) is 0 Å². The van der Waals surface area contributed by atoms with Crippen LogP contribution in [0.25, 0.3) is 0 Å². The van der Waals surface area contributed by atoms with Crippen molar-refractivity contribution in [2.75, 3.05) is 23.4 Å². The topological polar surface area (TPSA) is 78.8 Å². The highest BCUT2D eigenvalue weighted by atomic mass is 35.5. The first-order valence-electron chi connectivity index (χ1n) is 7.90. The highest BCUT2D eigenvalue weighted by molar-refractivity contribution is 7.98. The van der Waals surface area contributed by atoms with Gasteiger partial charge >= 0.3 is 0 Å². The molecule has 0 saturated carbocycles. The number of rotatable bonds is 7. The monoisotopic (exact) mass is 425 g/mol. The molecule has 2 aromatic carbocycles. The first kappa shape index (κ1) is 21.3. The molecule has 144 valence electrons. The van der Waals surface area contributed by atoms with E-state index in [0.29, 0.717) is 16.3 Å². The highest BCUT2D eigenvalue weighted by Gasteiger charge is 2.22. The van der Waals surface area contributed by atoms with Crippen molar-refractivity contribution in [2.24, 2.45) is 5.10 Å². The smallest absolute Gasteiger partial charge is 0.260 e. The van der Waals surface area contributed by atoms with Crippen molar-refractivity contribution in [3.8, 4) is 0 Å². The maximum Gasteiger partial charge on any atom is 0.260 e. The lowest BCUT2D eigenvalue weighted by atomic mass is 10.2. The largest absolute Gasteiger partial charge is 0.271 e. The number of sulfonamides is 1. The van der Waals surface area contributed by atoms with Gasteiger partial charge in [-0.05, 0) is 48.6 Å². The number of hydrazone groups is 1. The zero-order valence-electron chi connectivity index (χ0n) is 15.1. The minimum atomic E-state index is -3.68. The molecular formula is C18H20ClN3O3S2. The third-order valence-electron chi connectivity index (χ3n) is 3.65. The Morgan fingerprint density at radius 1 is 1.26 bits per heavy atom. The van der Waals surface area contributed by atoms with Crippen molar-refractivity contribution < 1.29 is 13.2 Å². The van der Waals surface area contributed by atoms with Gasteiger partial charge in [0.15, 0.2) is 0 Å². The Hall–Kier alpha value is -2.03. The lowest BCUT2D eigenvalue weighted by Gasteiger charge is -2.23. The van der Waals surface area contributed by atoms with Gasteiger partial charge < -0.3 is 0 Å². The summed E-state index contributed by atoms with van der Waals surface area (Å²) in [6, 6.07) is 12.5. The number of carbonyl (C=O) groups is 1. The number of hydrogen-bond donors (Lipinski definition) is 1. The Bertz CT molecular complexity index is 945. The van der Waals surface area contributed by atoms with Crippen LogP contribution in [0.15, 0.2) is 52.5 Å². The number of amides is 1. The molecule has 0 bridgehead atoms. The maximum atomic E-state index is 12.2. The normalized spacial score (nSPS) is 11.6. The van der Waals surface area contributed by atoms with Gasteiger partial charge in [0, 0.05) is 9.92 Å². The van der Waals surface area contributed by atoms with E-state index in [1.165, 1.54) is 12.3 Å². The molecule has 2 rings (SSSR count). The molecule has 0 unspecified atom stereocenters. The van der Waals surface area contributed by atoms with Crippen molar-refractivity contribution in [1.82, 2.24) is 5.43 Å². The number of carbonyl (C=O) groups excluding carboxylic acids is 1. The first-order chi connectivity index (χ1) is 12.7. The number of halogens is 1. The third-order valence-corrected chi connectivity index (χ3v) is 5.75. The van der Waals surface area contributed by atoms with Crippen molar-refractivity contribution in [1.29, 1.82) is 0 Å². The molecule has 0 saturated heterocycles. The molecule has 27 heavy (non-hydrogen) atoms. The van der Waals surface area contributed by atoms with Gasteiger partial charge in [-0.3, -0.25) is 9.10 Å². The van der Waals surface area contributed by atoms with Crippen molar-refractivity contribution in [2.45, 2.75) is 11.8 Å². The van der Waals surface area contributed by atoms with Gasteiger partial charge in [0.1, 0.15) is 6.54 Å². The molecule has 1 N–H and O–H groups in total. The average Bonchev–Trinajstić information content (AvgIpc) is 2.61. The minimum Gasteiger partial charge on any atom is -0.271 e. The Morgan fingerprint density at radius 3 is 2.52 bits per heavy atom. The van der Waals surface area contributed by atoms with Gasteiger partial charge in [0.2, 0.25) is 10.0 Å². The number of benzene rings is 2. The van der Waals surface area contributed by atoms with Gasteiger partial charge in [0.25, 0.3) is 5.91 Å². The highest BCUT2D eigenvalue weighted by Crippen LogP contribution is 2.26. The van der Waals surface area contributed by atoms with E-state index in [1.807, 2.05) is 30.5 Å². The van der Waals surface area contributed by atoms with Crippen LogP contribution in [0.1, 0.15) is 11.1 Å². The molecule has 0 radical (unpaired) electrons. The summed E-state index contributed by atoms with van der Waals surface area (Å²) in [4.78, 5) is 13.3. The van der Waals surface area contributed by atoms with Crippen LogP contribution in [0.3, 0.4) is 0 Å². The van der Waals surface area contributed by atoms with Gasteiger partial charge in [-0.15, -0.1) is 11.8 Å². The van der Waals surface area contributed by atoms with Crippen LogP contribution < -0.4 is 9.73 Å². The summed E-state index contributed by atoms with van der Waals surface area (Å²) in [6.45, 7) is 1.35. The summed E-state index contributed by atoms with van der Waals surface area (Å²) < 4.78 is 25.3. The molecule has 9 heteroatoms. The van der Waals surface area contributed by atoms with E-state index < -0.39 is 22.5 Å². The molecule has 6 nitrogen and oxygen atoms in total. The fraction of sp³-hybridized carbons (Fsp3) is 0.222. The van der Waals surface area contributed by atoms with Gasteiger partial charge in [-0.1, -0.05) is 29.8 Å². The lowest BCUT2D eigenvalue weighted by Crippen LogP contribution is -2.39. The quantitative estimate of drug-likeness (QED) is 0.419. The molecule has 0 spiro atoms. The number of aryl methyl sites for hydroxylation is 1. The third kappa shape index (κ3) is 6.27. The van der Waals surface area contributed by atoms with E-state index in [1.54, 1.807) is 30.8 Å². The molecule has 0 aromatic heterocycles. The summed E-state index contributed by atoms with van der Waals surface area (Å²) in [6.07, 6.45) is 4.52. The average molecular weight is 426 g/mol. The van der Waals surface area contributed by atoms with E-state index in [2.05, 4.69) is 10.5 Å². The minimum absolute atomic E-state index is 0.358. The summed E-state index contributed by atoms with van der Waals surface area (Å²) in [7, 11) is -3.68. The predicted octanol–water partition coefficient (Wildman–Crippen LogP) is 3.29. The number of nitrogens with one attached hydrogen (secondary N) is 1. The molecule has 1 amide bonds. The summed E-state index contributed by atoms with van der Waals surface area (Å²) >= 11 is 7.60. The van der Waals surface area contributed by atoms with E-state index in [9.17, 15) is 13.2 Å². The van der Waals surface area contributed by atoms with E-state index in [0.717, 1.165) is 21.0 Å². The Labute approximate surface area is 168 Å². The van der Waals surface area contributed by atoms with E-state index >= 15 is 0 Å². The lowest BCUT2D eigenvalue weighted by molar-refractivity contribution is -0.119. The van der Waals surface area contributed by atoms with Crippen LogP contribution in [0.4, 0.5) is 5.69 Å². The zero-order valence-corrected chi connectivity index (χ0v) is 17.5. The molecule has 0 fully saturated rings. The SMILES string of the molecule is CSc1ccc(/C=N\NC(=O)CN(c2cc(Cl)ccc2C)S(C)(=O)=O)cc1. The van der Waals surface area contributed by atoms with Crippen LogP contribution in [0.2, 0.25) is 5.02 Å². The molecule has 0 atom stereocenters. The van der Waals surface area contributed by atoms with Crippen LogP contribution in [0, 0.1) is 6.92 Å². The fourth-order valence-corrected chi connectivity index (χ4v) is 3.75. The second-order valence-electron chi connectivity index (χ2n) is 5.77. The van der Waals surface area contributed by atoms with Crippen LogP contribution >= 0.6 is 23.4 Å². The molecule has 2 aromatic rings. The molecular weight excluding hydrogens is 406 g/mol. The summed E-state index contributed by atoms with van der Waals surface area (Å²) in [5.41, 5.74) is 4.22. The summed E-state index contributed by atoms with van der Waals surface area (Å²) in [5.74, 6) is -0.559. The molecule has 0 aliphatic rings. The Morgan fingerprint density at radius 2 is 1.93 bits per heavy atom. The van der Waals surface area contributed by atoms with Crippen LogP contribution in [0.5, 0.6) is 0 Å². The van der Waals surface area contributed by atoms with Gasteiger partial charge in [-0.25, -0.2) is 13.8 Å². The molecule has 0 heterocycles. The number of thioether (sulfide) groups is 1. The first-order valence-corrected chi connectivity index (χ1v) is 11.4. The number of hydrogen-bond acceptors (Lipinski definition) is 5. The Balaban J connectivity index is 2.10. The van der Waals surface area contributed by atoms with Gasteiger partial charge in [0.05, 0.1) is 18.2 Å². The maximum absolute atomic E-state index is 12.2. The fourth-order valence-electron chi connectivity index (χ4n) is 2.27. The standard InChI is InChI=1S/C18H20ClN3O3S2/c1-13-4-7-15(19)10-17(13)22(27(3,24)25)12-18(23)21-20-11-14-5-8-16(26-2)9-6-14/h4-11H,12H2,1-3H3,(H,21,23)/b20-11-. The zero-order chi connectivity index (χ0) is 20.0. The van der Waals surface area contributed by atoms with Crippen LogP contribution in [-0.4, -0.2) is 39.6 Å². The van der Waals surface area contributed by atoms with E-state index in [4.69, 9.17) is 11.6 Å². The number of nitrogens with zero attached hydrogens (tertiary/aromatic N) is 2. The molecule has 0 aliphatic heterocycles. The van der Waals surface area contributed by atoms with E-state index in [-0.39, 0.29) is 0 Å². The second-order valence-corrected chi connectivity index (χ2v) is 8.99. The molecule has 0 aliphatic carbocycles. The van der Waals surface area contributed by atoms with Crippen molar-refractivity contribution >= 4 is 51.2 Å². The van der Waals surface area contributed by atoms with Gasteiger partial charge in [-0.2, -0.15) is 5.10 Å². The second kappa shape index (κ2) is 9.25. The van der Waals surface area contributed by atoms with Crippen molar-refractivity contribution in [3.05, 3.63) is 58.6 Å². The number of anilines is 1. The van der Waals surface area contributed by atoms with Crippen LogP contribution in [-0.2, 0) is 14.8 Å². The Kier molecular flexibility index (Phi) is 7.29.